The van der Waals surface area contributed by atoms with Crippen LogP contribution in [0.25, 0.3) is 0 Å². The maximum atomic E-state index is 5.68. The van der Waals surface area contributed by atoms with Crippen molar-refractivity contribution < 1.29 is 9.47 Å². The van der Waals surface area contributed by atoms with Crippen molar-refractivity contribution in [3.05, 3.63) is 0 Å². The highest BCUT2D eigenvalue weighted by atomic mass is 16.5. The highest BCUT2D eigenvalue weighted by Gasteiger charge is 2.32. The van der Waals surface area contributed by atoms with Gasteiger partial charge >= 0.3 is 0 Å². The molecular formula is C12H25NO2. The fraction of sp³-hybridized carbons (Fsp3) is 1.00. The molecule has 0 spiro atoms. The first kappa shape index (κ1) is 12.9. The van der Waals surface area contributed by atoms with Crippen LogP contribution in [-0.2, 0) is 9.47 Å². The molecule has 15 heavy (non-hydrogen) atoms. The lowest BCUT2D eigenvalue weighted by molar-refractivity contribution is -0.0887. The lowest BCUT2D eigenvalue weighted by Crippen LogP contribution is -2.49. The van der Waals surface area contributed by atoms with Crippen LogP contribution < -0.4 is 5.32 Å². The first-order valence-electron chi connectivity index (χ1n) is 6.12. The molecule has 1 heterocycles. The fourth-order valence-electron chi connectivity index (χ4n) is 2.10. The standard InChI is InChI=1S/C12H25NO2/c1-4-11(5-2)13-10-12(14-3)6-8-15-9-7-12/h11,13H,4-10H2,1-3H3. The third-order valence-electron chi connectivity index (χ3n) is 3.54. The highest BCUT2D eigenvalue weighted by Crippen LogP contribution is 2.23. The summed E-state index contributed by atoms with van der Waals surface area (Å²) in [6.07, 6.45) is 4.40. The van der Waals surface area contributed by atoms with E-state index in [1.54, 1.807) is 0 Å². The van der Waals surface area contributed by atoms with Crippen molar-refractivity contribution >= 4 is 0 Å². The number of hydrogen-bond acceptors (Lipinski definition) is 3. The van der Waals surface area contributed by atoms with Crippen LogP contribution in [0.4, 0.5) is 0 Å². The van der Waals surface area contributed by atoms with Crippen LogP contribution in [0.2, 0.25) is 0 Å². The Balaban J connectivity index is 2.38. The Morgan fingerprint density at radius 1 is 1.27 bits per heavy atom. The average Bonchev–Trinajstić information content (AvgIpc) is 2.31. The first-order chi connectivity index (χ1) is 7.26. The van der Waals surface area contributed by atoms with E-state index < -0.39 is 0 Å². The van der Waals surface area contributed by atoms with Crippen LogP contribution in [-0.4, -0.2) is 38.5 Å². The molecule has 0 aromatic rings. The van der Waals surface area contributed by atoms with Crippen molar-refractivity contribution in [2.24, 2.45) is 0 Å². The van der Waals surface area contributed by atoms with Gasteiger partial charge in [0.1, 0.15) is 0 Å². The van der Waals surface area contributed by atoms with Crippen LogP contribution in [0.15, 0.2) is 0 Å². The summed E-state index contributed by atoms with van der Waals surface area (Å²) >= 11 is 0. The summed E-state index contributed by atoms with van der Waals surface area (Å²) in [6.45, 7) is 7.07. The summed E-state index contributed by atoms with van der Waals surface area (Å²) in [5, 5.41) is 3.60. The van der Waals surface area contributed by atoms with E-state index in [0.29, 0.717) is 6.04 Å². The van der Waals surface area contributed by atoms with Gasteiger partial charge in [-0.25, -0.2) is 0 Å². The van der Waals surface area contributed by atoms with Crippen LogP contribution in [0.5, 0.6) is 0 Å². The van der Waals surface area contributed by atoms with Crippen molar-refractivity contribution in [2.45, 2.75) is 51.2 Å². The highest BCUT2D eigenvalue weighted by molar-refractivity contribution is 4.86. The molecule has 0 aromatic heterocycles. The van der Waals surface area contributed by atoms with E-state index in [1.807, 2.05) is 7.11 Å². The Kier molecular flexibility index (Phi) is 5.58. The zero-order chi connectivity index (χ0) is 11.1. The van der Waals surface area contributed by atoms with Gasteiger partial charge in [0, 0.05) is 45.8 Å². The van der Waals surface area contributed by atoms with E-state index in [0.717, 1.165) is 32.6 Å². The number of rotatable bonds is 6. The van der Waals surface area contributed by atoms with Gasteiger partial charge in [0.2, 0.25) is 0 Å². The summed E-state index contributed by atoms with van der Waals surface area (Å²) < 4.78 is 11.1. The predicted octanol–water partition coefficient (Wildman–Crippen LogP) is 1.96. The van der Waals surface area contributed by atoms with Gasteiger partial charge in [0.25, 0.3) is 0 Å². The predicted molar refractivity (Wildman–Crippen MR) is 62.2 cm³/mol. The van der Waals surface area contributed by atoms with Gasteiger partial charge in [-0.2, -0.15) is 0 Å². The lowest BCUT2D eigenvalue weighted by Gasteiger charge is -2.37. The van der Waals surface area contributed by atoms with Gasteiger partial charge in [-0.3, -0.25) is 0 Å². The van der Waals surface area contributed by atoms with Crippen LogP contribution in [0, 0.1) is 0 Å². The minimum atomic E-state index is 0.0147. The average molecular weight is 215 g/mol. The third kappa shape index (κ3) is 3.74. The van der Waals surface area contributed by atoms with E-state index in [2.05, 4.69) is 19.2 Å². The second-order valence-electron chi connectivity index (χ2n) is 4.39. The molecule has 1 rings (SSSR count). The summed E-state index contributed by atoms with van der Waals surface area (Å²) in [4.78, 5) is 0. The van der Waals surface area contributed by atoms with Crippen molar-refractivity contribution in [3.63, 3.8) is 0 Å². The molecule has 0 atom stereocenters. The SMILES string of the molecule is CCC(CC)NCC1(OC)CCOCC1. The van der Waals surface area contributed by atoms with Gasteiger partial charge in [0.05, 0.1) is 5.60 Å². The molecule has 0 aliphatic carbocycles. The Bertz CT molecular complexity index is 163. The summed E-state index contributed by atoms with van der Waals surface area (Å²) in [5.41, 5.74) is 0.0147. The molecule has 90 valence electrons. The number of methoxy groups -OCH3 is 1. The van der Waals surface area contributed by atoms with E-state index in [4.69, 9.17) is 9.47 Å². The maximum absolute atomic E-state index is 5.68. The molecule has 0 aromatic carbocycles. The van der Waals surface area contributed by atoms with E-state index >= 15 is 0 Å². The van der Waals surface area contributed by atoms with Gasteiger partial charge in [0.15, 0.2) is 0 Å². The van der Waals surface area contributed by atoms with Crippen molar-refractivity contribution in [1.82, 2.24) is 5.32 Å². The van der Waals surface area contributed by atoms with Crippen molar-refractivity contribution in [3.8, 4) is 0 Å². The summed E-state index contributed by atoms with van der Waals surface area (Å²) in [6, 6.07) is 0.625. The smallest absolute Gasteiger partial charge is 0.0846 e. The van der Waals surface area contributed by atoms with Gasteiger partial charge in [-0.1, -0.05) is 13.8 Å². The quantitative estimate of drug-likeness (QED) is 0.734. The summed E-state index contributed by atoms with van der Waals surface area (Å²) in [5.74, 6) is 0. The molecule has 1 aliphatic rings. The Morgan fingerprint density at radius 2 is 1.87 bits per heavy atom. The second-order valence-corrected chi connectivity index (χ2v) is 4.39. The molecule has 1 aliphatic heterocycles. The molecule has 0 unspecified atom stereocenters. The molecule has 0 bridgehead atoms. The first-order valence-corrected chi connectivity index (χ1v) is 6.12. The molecule has 0 amide bonds. The number of hydrogen-bond donors (Lipinski definition) is 1. The molecule has 0 radical (unpaired) electrons. The van der Waals surface area contributed by atoms with Crippen LogP contribution in [0.1, 0.15) is 39.5 Å². The monoisotopic (exact) mass is 215 g/mol. The van der Waals surface area contributed by atoms with Crippen LogP contribution >= 0.6 is 0 Å². The van der Waals surface area contributed by atoms with E-state index in [-0.39, 0.29) is 5.60 Å². The number of ether oxygens (including phenoxy) is 2. The topological polar surface area (TPSA) is 30.5 Å². The molecule has 1 fully saturated rings. The Labute approximate surface area is 93.5 Å². The number of nitrogens with one attached hydrogen (secondary N) is 1. The van der Waals surface area contributed by atoms with Crippen molar-refractivity contribution in [2.75, 3.05) is 26.9 Å². The van der Waals surface area contributed by atoms with Gasteiger partial charge in [-0.15, -0.1) is 0 Å². The molecule has 1 N–H and O–H groups in total. The molecule has 3 nitrogen and oxygen atoms in total. The third-order valence-corrected chi connectivity index (χ3v) is 3.54. The minimum Gasteiger partial charge on any atom is -0.381 e. The van der Waals surface area contributed by atoms with Crippen molar-refractivity contribution in [1.29, 1.82) is 0 Å². The summed E-state index contributed by atoms with van der Waals surface area (Å²) in [7, 11) is 1.82. The zero-order valence-corrected chi connectivity index (χ0v) is 10.3. The fourth-order valence-corrected chi connectivity index (χ4v) is 2.10. The Morgan fingerprint density at radius 3 is 2.33 bits per heavy atom. The molecular weight excluding hydrogens is 190 g/mol. The van der Waals surface area contributed by atoms with E-state index in [1.165, 1.54) is 12.8 Å². The Hall–Kier alpha value is -0.120. The zero-order valence-electron chi connectivity index (χ0n) is 10.3. The second kappa shape index (κ2) is 6.46. The minimum absolute atomic E-state index is 0.0147. The molecule has 3 heteroatoms. The van der Waals surface area contributed by atoms with Gasteiger partial charge in [-0.05, 0) is 12.8 Å². The normalized spacial score (nSPS) is 20.8. The van der Waals surface area contributed by atoms with Gasteiger partial charge < -0.3 is 14.8 Å². The molecule has 1 saturated heterocycles. The maximum Gasteiger partial charge on any atom is 0.0846 e. The lowest BCUT2D eigenvalue weighted by atomic mass is 9.93. The van der Waals surface area contributed by atoms with E-state index in [9.17, 15) is 0 Å². The van der Waals surface area contributed by atoms with Crippen LogP contribution in [0.3, 0.4) is 0 Å². The largest absolute Gasteiger partial charge is 0.381 e. The molecule has 0 saturated carbocycles.